The fourth-order valence-electron chi connectivity index (χ4n) is 2.32. The molecule has 1 unspecified atom stereocenters. The van der Waals surface area contributed by atoms with Crippen LogP contribution in [0.4, 0.5) is 0 Å². The maximum Gasteiger partial charge on any atom is 0.236 e. The van der Waals surface area contributed by atoms with Crippen molar-refractivity contribution in [1.82, 2.24) is 4.90 Å². The number of carbonyl (C=O) groups excluding carboxylic acids is 1. The van der Waals surface area contributed by atoms with Gasteiger partial charge in [0.1, 0.15) is 12.0 Å². The second-order valence-corrected chi connectivity index (χ2v) is 3.90. The van der Waals surface area contributed by atoms with E-state index in [0.29, 0.717) is 18.4 Å². The van der Waals surface area contributed by atoms with Crippen LogP contribution in [0.15, 0.2) is 0 Å². The second kappa shape index (κ2) is 5.13. The third kappa shape index (κ3) is 2.29. The first-order valence-electron chi connectivity index (χ1n) is 5.46. The minimum atomic E-state index is -0.458. The summed E-state index contributed by atoms with van der Waals surface area (Å²) in [6, 6.07) is 2.00. The van der Waals surface area contributed by atoms with Crippen molar-refractivity contribution < 1.29 is 4.79 Å². The molecule has 1 fully saturated rings. The summed E-state index contributed by atoms with van der Waals surface area (Å²) in [5.41, 5.74) is 5.35. The van der Waals surface area contributed by atoms with Gasteiger partial charge in [-0.15, -0.1) is 0 Å². The van der Waals surface area contributed by atoms with E-state index < -0.39 is 11.9 Å². The molecule has 2 N–H and O–H groups in total. The van der Waals surface area contributed by atoms with Crippen molar-refractivity contribution in [3.05, 3.63) is 5.92 Å². The van der Waals surface area contributed by atoms with Crippen molar-refractivity contribution in [2.45, 2.75) is 45.2 Å². The number of amides is 1. The Kier molecular flexibility index (Phi) is 4.10. The van der Waals surface area contributed by atoms with E-state index in [-0.39, 0.29) is 0 Å². The second-order valence-electron chi connectivity index (χ2n) is 3.90. The molecular formula is C11H18N3O. The monoisotopic (exact) mass is 208 g/mol. The van der Waals surface area contributed by atoms with Gasteiger partial charge in [-0.05, 0) is 19.3 Å². The first-order chi connectivity index (χ1) is 7.15. The zero-order valence-corrected chi connectivity index (χ0v) is 9.36. The number of nitrogens with two attached hydrogens (primary N) is 1. The Balaban J connectivity index is 2.82. The third-order valence-corrected chi connectivity index (χ3v) is 3.13. The summed E-state index contributed by atoms with van der Waals surface area (Å²) < 4.78 is 0. The molecule has 1 radical (unpaired) electrons. The Bertz CT molecular complexity index is 267. The summed E-state index contributed by atoms with van der Waals surface area (Å²) >= 11 is 0. The molecule has 0 aromatic rings. The average Bonchev–Trinajstić information content (AvgIpc) is 2.63. The molecular weight excluding hydrogens is 190 g/mol. The molecule has 4 heteroatoms. The smallest absolute Gasteiger partial charge is 0.236 e. The van der Waals surface area contributed by atoms with Gasteiger partial charge in [-0.3, -0.25) is 9.69 Å². The Labute approximate surface area is 91.0 Å². The van der Waals surface area contributed by atoms with Gasteiger partial charge in [0, 0.05) is 12.6 Å². The van der Waals surface area contributed by atoms with Crippen molar-refractivity contribution in [3.8, 4) is 6.07 Å². The van der Waals surface area contributed by atoms with Crippen molar-refractivity contribution >= 4 is 5.91 Å². The van der Waals surface area contributed by atoms with Gasteiger partial charge in [0.2, 0.25) is 5.91 Å². The van der Waals surface area contributed by atoms with Gasteiger partial charge in [0.05, 0.1) is 6.07 Å². The largest absolute Gasteiger partial charge is 0.368 e. The highest BCUT2D eigenvalue weighted by atomic mass is 16.1. The normalized spacial score (nSPS) is 23.2. The van der Waals surface area contributed by atoms with Gasteiger partial charge >= 0.3 is 0 Å². The lowest BCUT2D eigenvalue weighted by Gasteiger charge is -2.30. The molecule has 1 atom stereocenters. The fourth-order valence-corrected chi connectivity index (χ4v) is 2.32. The Morgan fingerprint density at radius 1 is 1.67 bits per heavy atom. The van der Waals surface area contributed by atoms with Crippen LogP contribution in [0.3, 0.4) is 0 Å². The summed E-state index contributed by atoms with van der Waals surface area (Å²) in [7, 11) is 0. The highest BCUT2D eigenvalue weighted by Gasteiger charge is 2.41. The number of carbonyl (C=O) groups is 1. The molecule has 0 aromatic carbocycles. The molecule has 0 spiro atoms. The van der Waals surface area contributed by atoms with Crippen LogP contribution in [0.5, 0.6) is 0 Å². The minimum Gasteiger partial charge on any atom is -0.368 e. The number of nitriles is 1. The average molecular weight is 208 g/mol. The molecule has 83 valence electrons. The maximum atomic E-state index is 11.3. The van der Waals surface area contributed by atoms with Gasteiger partial charge < -0.3 is 5.73 Å². The predicted molar refractivity (Wildman–Crippen MR) is 57.5 cm³/mol. The fraction of sp³-hybridized carbons (Fsp3) is 0.727. The molecule has 1 aliphatic rings. The molecule has 1 rings (SSSR count). The van der Waals surface area contributed by atoms with E-state index in [1.54, 1.807) is 0 Å². The van der Waals surface area contributed by atoms with Gasteiger partial charge in [-0.25, -0.2) is 0 Å². The summed E-state index contributed by atoms with van der Waals surface area (Å²) in [5.74, 6) is 0.227. The lowest BCUT2D eigenvalue weighted by atomic mass is 10.0. The van der Waals surface area contributed by atoms with E-state index in [4.69, 9.17) is 11.0 Å². The van der Waals surface area contributed by atoms with Crippen molar-refractivity contribution in [1.29, 1.82) is 5.26 Å². The quantitative estimate of drug-likeness (QED) is 0.744. The lowest BCUT2D eigenvalue weighted by Crippen LogP contribution is -2.47. The van der Waals surface area contributed by atoms with E-state index in [2.05, 4.69) is 24.8 Å². The topological polar surface area (TPSA) is 70.1 Å². The van der Waals surface area contributed by atoms with Crippen LogP contribution in [0.2, 0.25) is 0 Å². The summed E-state index contributed by atoms with van der Waals surface area (Å²) in [6.45, 7) is 4.97. The Morgan fingerprint density at radius 3 is 2.67 bits per heavy atom. The Morgan fingerprint density at radius 2 is 2.27 bits per heavy atom. The van der Waals surface area contributed by atoms with E-state index in [0.717, 1.165) is 19.4 Å². The van der Waals surface area contributed by atoms with Crippen molar-refractivity contribution in [2.75, 3.05) is 6.54 Å². The van der Waals surface area contributed by atoms with Gasteiger partial charge in [0.25, 0.3) is 0 Å². The van der Waals surface area contributed by atoms with E-state index >= 15 is 0 Å². The lowest BCUT2D eigenvalue weighted by molar-refractivity contribution is -0.122. The number of hydrogen-bond acceptors (Lipinski definition) is 3. The van der Waals surface area contributed by atoms with E-state index in [1.807, 2.05) is 0 Å². The first-order valence-corrected chi connectivity index (χ1v) is 5.46. The number of primary amides is 1. The summed E-state index contributed by atoms with van der Waals surface area (Å²) in [4.78, 5) is 13.4. The van der Waals surface area contributed by atoms with Crippen LogP contribution in [-0.4, -0.2) is 29.4 Å². The molecule has 0 bridgehead atoms. The van der Waals surface area contributed by atoms with Crippen LogP contribution < -0.4 is 5.73 Å². The molecule has 0 aromatic heterocycles. The van der Waals surface area contributed by atoms with Crippen LogP contribution in [0.1, 0.15) is 33.1 Å². The van der Waals surface area contributed by atoms with Crippen LogP contribution in [-0.2, 0) is 4.79 Å². The van der Waals surface area contributed by atoms with E-state index in [1.165, 1.54) is 0 Å². The minimum absolute atomic E-state index is 0.355. The zero-order valence-electron chi connectivity index (χ0n) is 9.36. The first kappa shape index (κ1) is 12.0. The van der Waals surface area contributed by atoms with Gasteiger partial charge in [-0.2, -0.15) is 5.26 Å². The Hall–Kier alpha value is -1.08. The number of rotatable bonds is 4. The third-order valence-electron chi connectivity index (χ3n) is 3.13. The van der Waals surface area contributed by atoms with Crippen molar-refractivity contribution in [3.63, 3.8) is 0 Å². The molecule has 1 amide bonds. The van der Waals surface area contributed by atoms with Crippen LogP contribution >= 0.6 is 0 Å². The number of hydrogen-bond donors (Lipinski definition) is 1. The predicted octanol–water partition coefficient (Wildman–Crippen LogP) is 0.833. The van der Waals surface area contributed by atoms with Crippen LogP contribution in [0.25, 0.3) is 0 Å². The summed E-state index contributed by atoms with van der Waals surface area (Å²) in [5, 5.41) is 8.91. The number of nitrogens with zero attached hydrogens (tertiary/aromatic N) is 2. The molecule has 1 heterocycles. The standard InChI is InChI=1S/C11H18N3O/c1-3-9(4-2)14-6-5-8(7-12)10(14)11(13)15/h9-10H,3-6H2,1-2H3,(H2,13,15). The molecule has 1 saturated heterocycles. The zero-order chi connectivity index (χ0) is 11.4. The number of likely N-dealkylation sites (tertiary alicyclic amines) is 1. The van der Waals surface area contributed by atoms with Gasteiger partial charge in [0.15, 0.2) is 0 Å². The molecule has 4 nitrogen and oxygen atoms in total. The SMILES string of the molecule is CCC(CC)N1CC[C](C#N)C1C(N)=O. The highest BCUT2D eigenvalue weighted by Crippen LogP contribution is 2.29. The highest BCUT2D eigenvalue weighted by molar-refractivity contribution is 5.84. The van der Waals surface area contributed by atoms with Crippen LogP contribution in [0, 0.1) is 17.2 Å². The molecule has 0 saturated carbocycles. The summed E-state index contributed by atoms with van der Waals surface area (Å²) in [6.07, 6.45) is 2.65. The van der Waals surface area contributed by atoms with Crippen molar-refractivity contribution in [2.24, 2.45) is 5.73 Å². The molecule has 1 aliphatic heterocycles. The molecule has 15 heavy (non-hydrogen) atoms. The van der Waals surface area contributed by atoms with Gasteiger partial charge in [-0.1, -0.05) is 13.8 Å². The molecule has 0 aliphatic carbocycles. The maximum absolute atomic E-state index is 11.3. The van der Waals surface area contributed by atoms with E-state index in [9.17, 15) is 4.79 Å².